The Kier molecular flexibility index (Phi) is 7.60. The molecule has 39 heavy (non-hydrogen) atoms. The molecule has 2 aromatic heterocycles. The fraction of sp³-hybridized carbons (Fsp3) is 0.258. The summed E-state index contributed by atoms with van der Waals surface area (Å²) in [5.41, 5.74) is 8.23. The standard InChI is InChI=1S/C31H32BrN5OS/c1-18(2)30(38)34-26-13-12-24(15-19(26)3)37-29(28(35-31(37)39)27-11-6-7-14-33-27)25-16-20(4)36(21(25)5)23-10-8-9-22(32)17-23/h6-18,28-29H,1-5H3,(H,34,38)(H,35,39)/t28-,29+/m0/s1. The number of benzene rings is 2. The first-order chi connectivity index (χ1) is 18.7. The molecular weight excluding hydrogens is 570 g/mol. The monoisotopic (exact) mass is 601 g/mol. The minimum Gasteiger partial charge on any atom is -0.351 e. The van der Waals surface area contributed by atoms with E-state index in [1.807, 2.05) is 63.4 Å². The van der Waals surface area contributed by atoms with Gasteiger partial charge in [-0.25, -0.2) is 0 Å². The Balaban J connectivity index is 1.62. The van der Waals surface area contributed by atoms with Gasteiger partial charge in [-0.15, -0.1) is 0 Å². The molecule has 1 aliphatic rings. The zero-order chi connectivity index (χ0) is 27.8. The maximum Gasteiger partial charge on any atom is 0.226 e. The van der Waals surface area contributed by atoms with Crippen molar-refractivity contribution in [3.8, 4) is 5.69 Å². The van der Waals surface area contributed by atoms with Crippen LogP contribution >= 0.6 is 28.1 Å². The van der Waals surface area contributed by atoms with Gasteiger partial charge in [0.15, 0.2) is 5.11 Å². The van der Waals surface area contributed by atoms with E-state index in [-0.39, 0.29) is 23.9 Å². The van der Waals surface area contributed by atoms with E-state index in [2.05, 4.69) is 80.2 Å². The molecule has 2 aromatic carbocycles. The van der Waals surface area contributed by atoms with E-state index in [9.17, 15) is 4.79 Å². The molecule has 4 aromatic rings. The van der Waals surface area contributed by atoms with E-state index in [0.717, 1.165) is 44.2 Å². The molecule has 0 saturated carbocycles. The van der Waals surface area contributed by atoms with Crippen molar-refractivity contribution in [1.82, 2.24) is 14.9 Å². The number of rotatable bonds is 6. The van der Waals surface area contributed by atoms with Gasteiger partial charge in [0.25, 0.3) is 0 Å². The number of hydrogen-bond donors (Lipinski definition) is 2. The van der Waals surface area contributed by atoms with E-state index >= 15 is 0 Å². The predicted molar refractivity (Wildman–Crippen MR) is 166 cm³/mol. The van der Waals surface area contributed by atoms with Crippen LogP contribution < -0.4 is 15.5 Å². The molecule has 5 rings (SSSR count). The number of carbonyl (C=O) groups is 1. The zero-order valence-electron chi connectivity index (χ0n) is 22.7. The number of thiocarbonyl (C=S) groups is 1. The Morgan fingerprint density at radius 3 is 2.49 bits per heavy atom. The molecule has 8 heteroatoms. The molecule has 6 nitrogen and oxygen atoms in total. The summed E-state index contributed by atoms with van der Waals surface area (Å²) >= 11 is 9.58. The summed E-state index contributed by atoms with van der Waals surface area (Å²) in [5.74, 6) is -0.0965. The lowest BCUT2D eigenvalue weighted by molar-refractivity contribution is -0.118. The lowest BCUT2D eigenvalue weighted by Crippen LogP contribution is -2.29. The highest BCUT2D eigenvalue weighted by molar-refractivity contribution is 9.10. The third-order valence-corrected chi connectivity index (χ3v) is 8.03. The molecule has 3 heterocycles. The van der Waals surface area contributed by atoms with Gasteiger partial charge in [0.05, 0.1) is 17.8 Å². The van der Waals surface area contributed by atoms with Crippen molar-refractivity contribution in [2.24, 2.45) is 5.92 Å². The molecule has 0 spiro atoms. The number of nitrogens with zero attached hydrogens (tertiary/aromatic N) is 3. The number of amides is 1. The molecule has 0 unspecified atom stereocenters. The summed E-state index contributed by atoms with van der Waals surface area (Å²) in [4.78, 5) is 19.2. The first-order valence-electron chi connectivity index (χ1n) is 13.0. The number of nitrogens with one attached hydrogen (secondary N) is 2. The molecule has 200 valence electrons. The highest BCUT2D eigenvalue weighted by Crippen LogP contribution is 2.44. The van der Waals surface area contributed by atoms with Gasteiger partial charge in [0, 0.05) is 45.0 Å². The first-order valence-corrected chi connectivity index (χ1v) is 14.2. The third-order valence-electron chi connectivity index (χ3n) is 7.22. The molecule has 0 radical (unpaired) electrons. The molecule has 1 amide bonds. The number of aryl methyl sites for hydroxylation is 2. The van der Waals surface area contributed by atoms with Gasteiger partial charge in [-0.3, -0.25) is 9.78 Å². The van der Waals surface area contributed by atoms with Crippen LogP contribution in [0.25, 0.3) is 5.69 Å². The average Bonchev–Trinajstić information content (AvgIpc) is 3.40. The average molecular weight is 603 g/mol. The molecule has 1 saturated heterocycles. The maximum absolute atomic E-state index is 12.3. The summed E-state index contributed by atoms with van der Waals surface area (Å²) in [7, 11) is 0. The van der Waals surface area contributed by atoms with E-state index < -0.39 is 0 Å². The number of anilines is 2. The molecule has 2 atom stereocenters. The van der Waals surface area contributed by atoms with Crippen molar-refractivity contribution in [3.63, 3.8) is 0 Å². The van der Waals surface area contributed by atoms with Crippen molar-refractivity contribution in [3.05, 3.63) is 106 Å². The van der Waals surface area contributed by atoms with Gasteiger partial charge in [0.1, 0.15) is 0 Å². The highest BCUT2D eigenvalue weighted by Gasteiger charge is 2.42. The van der Waals surface area contributed by atoms with E-state index in [4.69, 9.17) is 17.2 Å². The quantitative estimate of drug-likeness (QED) is 0.226. The number of aromatic nitrogens is 2. The second-order valence-electron chi connectivity index (χ2n) is 10.3. The third kappa shape index (κ3) is 5.23. The minimum atomic E-state index is -0.143. The number of carbonyl (C=O) groups excluding carboxylic acids is 1. The molecule has 0 aliphatic carbocycles. The van der Waals surface area contributed by atoms with E-state index in [1.165, 1.54) is 5.56 Å². The normalized spacial score (nSPS) is 17.0. The number of halogens is 1. The summed E-state index contributed by atoms with van der Waals surface area (Å²) in [6.07, 6.45) is 1.82. The van der Waals surface area contributed by atoms with Crippen LogP contribution in [0.3, 0.4) is 0 Å². The van der Waals surface area contributed by atoms with Crippen molar-refractivity contribution in [2.45, 2.75) is 46.7 Å². The Morgan fingerprint density at radius 2 is 1.82 bits per heavy atom. The number of hydrogen-bond acceptors (Lipinski definition) is 3. The predicted octanol–water partition coefficient (Wildman–Crippen LogP) is 7.33. The Morgan fingerprint density at radius 1 is 1.03 bits per heavy atom. The fourth-order valence-corrected chi connectivity index (χ4v) is 6.00. The summed E-state index contributed by atoms with van der Waals surface area (Å²) in [5, 5.41) is 7.24. The van der Waals surface area contributed by atoms with Crippen LogP contribution in [0.1, 0.15) is 54.1 Å². The number of pyridine rings is 1. The maximum atomic E-state index is 12.3. The van der Waals surface area contributed by atoms with Crippen LogP contribution in [0.4, 0.5) is 11.4 Å². The van der Waals surface area contributed by atoms with Crippen molar-refractivity contribution in [1.29, 1.82) is 0 Å². The molecule has 0 bridgehead atoms. The lowest BCUT2D eigenvalue weighted by atomic mass is 9.96. The van der Waals surface area contributed by atoms with E-state index in [0.29, 0.717) is 5.11 Å². The smallest absolute Gasteiger partial charge is 0.226 e. The summed E-state index contributed by atoms with van der Waals surface area (Å²) in [6, 6.07) is 22.4. The van der Waals surface area contributed by atoms with Gasteiger partial charge >= 0.3 is 0 Å². The largest absolute Gasteiger partial charge is 0.351 e. The Hall–Kier alpha value is -3.49. The highest BCUT2D eigenvalue weighted by atomic mass is 79.9. The van der Waals surface area contributed by atoms with Crippen LogP contribution in [-0.2, 0) is 4.79 Å². The van der Waals surface area contributed by atoms with Crippen molar-refractivity contribution in [2.75, 3.05) is 10.2 Å². The van der Waals surface area contributed by atoms with Gasteiger partial charge < -0.3 is 20.1 Å². The van der Waals surface area contributed by atoms with Crippen molar-refractivity contribution >= 4 is 50.5 Å². The van der Waals surface area contributed by atoms with Gasteiger partial charge in [0.2, 0.25) is 5.91 Å². The molecule has 2 N–H and O–H groups in total. The topological polar surface area (TPSA) is 62.2 Å². The van der Waals surface area contributed by atoms with Crippen LogP contribution in [0, 0.1) is 26.7 Å². The van der Waals surface area contributed by atoms with Crippen LogP contribution in [0.2, 0.25) is 0 Å². The summed E-state index contributed by atoms with van der Waals surface area (Å²) in [6.45, 7) is 10.1. The van der Waals surface area contributed by atoms with Crippen LogP contribution in [0.15, 0.2) is 77.4 Å². The minimum absolute atomic E-state index is 0.00251. The first kappa shape index (κ1) is 27.1. The Labute approximate surface area is 243 Å². The Bertz CT molecular complexity index is 1550. The zero-order valence-corrected chi connectivity index (χ0v) is 25.1. The van der Waals surface area contributed by atoms with Gasteiger partial charge in [-0.1, -0.05) is 41.9 Å². The molecular formula is C31H32BrN5OS. The lowest BCUT2D eigenvalue weighted by Gasteiger charge is -2.29. The fourth-order valence-electron chi connectivity index (χ4n) is 5.26. The molecule has 1 fully saturated rings. The SMILES string of the molecule is Cc1cc(N2C(=S)N[C@@H](c3ccccn3)[C@H]2c2cc(C)n(-c3cccc(Br)c3)c2C)ccc1NC(=O)C(C)C. The molecule has 1 aliphatic heterocycles. The van der Waals surface area contributed by atoms with Gasteiger partial charge in [-0.05, 0) is 98.7 Å². The summed E-state index contributed by atoms with van der Waals surface area (Å²) < 4.78 is 3.32. The second-order valence-corrected chi connectivity index (χ2v) is 11.6. The second kappa shape index (κ2) is 10.9. The van der Waals surface area contributed by atoms with Crippen LogP contribution in [0.5, 0.6) is 0 Å². The van der Waals surface area contributed by atoms with Crippen molar-refractivity contribution < 1.29 is 4.79 Å². The van der Waals surface area contributed by atoms with Crippen LogP contribution in [-0.4, -0.2) is 20.6 Å². The van der Waals surface area contributed by atoms with Gasteiger partial charge in [-0.2, -0.15) is 0 Å². The van der Waals surface area contributed by atoms with E-state index in [1.54, 1.807) is 0 Å².